The number of hydrogen-bond acceptors (Lipinski definition) is 4. The molecule has 1 rings (SSSR count). The zero-order valence-electron chi connectivity index (χ0n) is 8.74. The predicted octanol–water partition coefficient (Wildman–Crippen LogP) is 0.434. The molecule has 1 aromatic heterocycles. The zero-order chi connectivity index (χ0) is 10.9. The summed E-state index contributed by atoms with van der Waals surface area (Å²) >= 11 is 0. The second-order valence-electron chi connectivity index (χ2n) is 3.59. The van der Waals surface area contributed by atoms with Crippen LogP contribution in [0, 0.1) is 0 Å². The number of aliphatic hydroxyl groups is 1. The minimum atomic E-state index is -1.02. The van der Waals surface area contributed by atoms with Gasteiger partial charge in [0.05, 0.1) is 12.8 Å². The van der Waals surface area contributed by atoms with E-state index in [1.54, 1.807) is 20.9 Å². The van der Waals surface area contributed by atoms with Gasteiger partial charge in [0.25, 0.3) is 0 Å². The standard InChI is InChI=1S/C9H14N2O3/c1-9(2,13)7-5-6(8(12)14-4)10-11(7)3/h5,13H,1-4H3. The van der Waals surface area contributed by atoms with E-state index in [0.717, 1.165) is 0 Å². The Morgan fingerprint density at radius 2 is 2.21 bits per heavy atom. The van der Waals surface area contributed by atoms with Crippen LogP contribution in [0.15, 0.2) is 6.07 Å². The van der Waals surface area contributed by atoms with Gasteiger partial charge in [-0.2, -0.15) is 5.10 Å². The zero-order valence-corrected chi connectivity index (χ0v) is 8.74. The molecule has 0 aromatic carbocycles. The van der Waals surface area contributed by atoms with Crippen LogP contribution in [0.3, 0.4) is 0 Å². The molecule has 14 heavy (non-hydrogen) atoms. The number of nitrogens with zero attached hydrogens (tertiary/aromatic N) is 2. The fraction of sp³-hybridized carbons (Fsp3) is 0.556. The predicted molar refractivity (Wildman–Crippen MR) is 49.8 cm³/mol. The Hall–Kier alpha value is -1.36. The van der Waals surface area contributed by atoms with Gasteiger partial charge in [-0.05, 0) is 19.9 Å². The Morgan fingerprint density at radius 1 is 1.64 bits per heavy atom. The van der Waals surface area contributed by atoms with Crippen molar-refractivity contribution in [2.24, 2.45) is 7.05 Å². The molecule has 0 atom stereocenters. The summed E-state index contributed by atoms with van der Waals surface area (Å²) in [5.41, 5.74) is -0.251. The van der Waals surface area contributed by atoms with E-state index >= 15 is 0 Å². The van der Waals surface area contributed by atoms with Gasteiger partial charge in [0.2, 0.25) is 0 Å². The second-order valence-corrected chi connectivity index (χ2v) is 3.59. The minimum absolute atomic E-state index is 0.201. The van der Waals surface area contributed by atoms with Crippen LogP contribution in [-0.2, 0) is 17.4 Å². The lowest BCUT2D eigenvalue weighted by atomic mass is 10.1. The van der Waals surface area contributed by atoms with Gasteiger partial charge >= 0.3 is 5.97 Å². The molecule has 0 bridgehead atoms. The van der Waals surface area contributed by atoms with Crippen LogP contribution in [0.5, 0.6) is 0 Å². The highest BCUT2D eigenvalue weighted by Gasteiger charge is 2.23. The summed E-state index contributed by atoms with van der Waals surface area (Å²) in [6.45, 7) is 3.26. The van der Waals surface area contributed by atoms with Crippen LogP contribution in [0.25, 0.3) is 0 Å². The summed E-state index contributed by atoms with van der Waals surface area (Å²) in [5, 5.41) is 13.7. The molecule has 1 aromatic rings. The Labute approximate surface area is 82.3 Å². The Kier molecular flexibility index (Phi) is 2.62. The molecule has 0 aliphatic rings. The summed E-state index contributed by atoms with van der Waals surface area (Å²) in [6, 6.07) is 1.52. The van der Waals surface area contributed by atoms with E-state index in [9.17, 15) is 9.90 Å². The summed E-state index contributed by atoms with van der Waals surface area (Å²) < 4.78 is 5.99. The Balaban J connectivity index is 3.12. The number of esters is 1. The minimum Gasteiger partial charge on any atom is -0.464 e. The Morgan fingerprint density at radius 3 is 2.57 bits per heavy atom. The second kappa shape index (κ2) is 3.42. The van der Waals surface area contributed by atoms with Crippen LogP contribution in [0.1, 0.15) is 30.0 Å². The molecule has 0 saturated carbocycles. The van der Waals surface area contributed by atoms with E-state index in [1.807, 2.05) is 0 Å². The van der Waals surface area contributed by atoms with Crippen molar-refractivity contribution in [1.82, 2.24) is 9.78 Å². The first-order valence-electron chi connectivity index (χ1n) is 4.21. The third-order valence-electron chi connectivity index (χ3n) is 1.90. The van der Waals surface area contributed by atoms with E-state index in [4.69, 9.17) is 0 Å². The molecule has 1 heterocycles. The first-order valence-corrected chi connectivity index (χ1v) is 4.21. The highest BCUT2D eigenvalue weighted by molar-refractivity contribution is 5.87. The van der Waals surface area contributed by atoms with Crippen LogP contribution < -0.4 is 0 Å². The van der Waals surface area contributed by atoms with E-state index < -0.39 is 11.6 Å². The molecule has 5 heteroatoms. The smallest absolute Gasteiger partial charge is 0.358 e. The van der Waals surface area contributed by atoms with Crippen molar-refractivity contribution in [3.05, 3.63) is 17.5 Å². The number of rotatable bonds is 2. The molecule has 0 radical (unpaired) electrons. The van der Waals surface area contributed by atoms with Crippen LogP contribution in [0.2, 0.25) is 0 Å². The average molecular weight is 198 g/mol. The van der Waals surface area contributed by atoms with E-state index in [-0.39, 0.29) is 5.69 Å². The number of hydrogen-bond donors (Lipinski definition) is 1. The monoisotopic (exact) mass is 198 g/mol. The normalized spacial score (nSPS) is 11.5. The van der Waals surface area contributed by atoms with E-state index in [1.165, 1.54) is 17.9 Å². The molecule has 0 aliphatic carbocycles. The number of ether oxygens (including phenoxy) is 1. The first-order chi connectivity index (χ1) is 6.36. The van der Waals surface area contributed by atoms with E-state index in [0.29, 0.717) is 5.69 Å². The molecule has 0 amide bonds. The molecule has 0 fully saturated rings. The van der Waals surface area contributed by atoms with Crippen molar-refractivity contribution < 1.29 is 14.6 Å². The number of aryl methyl sites for hydroxylation is 1. The Bertz CT molecular complexity index is 349. The van der Waals surface area contributed by atoms with Crippen LogP contribution >= 0.6 is 0 Å². The van der Waals surface area contributed by atoms with Crippen LogP contribution in [0.4, 0.5) is 0 Å². The van der Waals surface area contributed by atoms with Crippen molar-refractivity contribution in [3.8, 4) is 0 Å². The summed E-state index contributed by atoms with van der Waals surface area (Å²) in [5.74, 6) is -0.504. The molecule has 0 unspecified atom stereocenters. The van der Waals surface area contributed by atoms with Crippen LogP contribution in [-0.4, -0.2) is 28.0 Å². The first kappa shape index (κ1) is 10.7. The molecule has 1 N–H and O–H groups in total. The highest BCUT2D eigenvalue weighted by Crippen LogP contribution is 2.19. The fourth-order valence-corrected chi connectivity index (χ4v) is 1.24. The van der Waals surface area contributed by atoms with Crippen molar-refractivity contribution in [3.63, 3.8) is 0 Å². The maximum atomic E-state index is 11.1. The topological polar surface area (TPSA) is 64.3 Å². The number of methoxy groups -OCH3 is 1. The van der Waals surface area contributed by atoms with Crippen molar-refractivity contribution >= 4 is 5.97 Å². The van der Waals surface area contributed by atoms with Gasteiger partial charge in [-0.3, -0.25) is 4.68 Å². The number of aromatic nitrogens is 2. The maximum absolute atomic E-state index is 11.1. The van der Waals surface area contributed by atoms with Gasteiger partial charge in [0.15, 0.2) is 5.69 Å². The molecule has 0 aliphatic heterocycles. The quantitative estimate of drug-likeness (QED) is 0.700. The van der Waals surface area contributed by atoms with Gasteiger partial charge in [0, 0.05) is 7.05 Å². The van der Waals surface area contributed by atoms with E-state index in [2.05, 4.69) is 9.84 Å². The maximum Gasteiger partial charge on any atom is 0.358 e. The molecular formula is C9H14N2O3. The fourth-order valence-electron chi connectivity index (χ4n) is 1.24. The van der Waals surface area contributed by atoms with Crippen molar-refractivity contribution in [1.29, 1.82) is 0 Å². The van der Waals surface area contributed by atoms with Gasteiger partial charge in [-0.15, -0.1) is 0 Å². The molecule has 0 spiro atoms. The molecule has 78 valence electrons. The summed E-state index contributed by atoms with van der Waals surface area (Å²) in [6.07, 6.45) is 0. The number of carbonyl (C=O) groups excluding carboxylic acids is 1. The lowest BCUT2D eigenvalue weighted by Crippen LogP contribution is -2.19. The van der Waals surface area contributed by atoms with Crippen molar-refractivity contribution in [2.75, 3.05) is 7.11 Å². The van der Waals surface area contributed by atoms with Crippen molar-refractivity contribution in [2.45, 2.75) is 19.4 Å². The largest absolute Gasteiger partial charge is 0.464 e. The average Bonchev–Trinajstić information content (AvgIpc) is 2.45. The summed E-state index contributed by atoms with van der Waals surface area (Å²) in [7, 11) is 2.96. The van der Waals surface area contributed by atoms with Gasteiger partial charge in [-0.1, -0.05) is 0 Å². The molecular weight excluding hydrogens is 184 g/mol. The number of carbonyl (C=O) groups is 1. The lowest BCUT2D eigenvalue weighted by Gasteiger charge is -2.16. The third kappa shape index (κ3) is 1.93. The molecule has 0 saturated heterocycles. The van der Waals surface area contributed by atoms with Gasteiger partial charge in [0.1, 0.15) is 5.60 Å². The SMILES string of the molecule is COC(=O)c1cc(C(C)(C)O)n(C)n1. The third-order valence-corrected chi connectivity index (χ3v) is 1.90. The van der Waals surface area contributed by atoms with Gasteiger partial charge < -0.3 is 9.84 Å². The lowest BCUT2D eigenvalue weighted by molar-refractivity contribution is 0.0593. The highest BCUT2D eigenvalue weighted by atomic mass is 16.5. The van der Waals surface area contributed by atoms with Gasteiger partial charge in [-0.25, -0.2) is 4.79 Å². The summed E-state index contributed by atoms with van der Waals surface area (Å²) in [4.78, 5) is 11.1. The molecule has 5 nitrogen and oxygen atoms in total.